The number of aromatic nitrogens is 3. The minimum absolute atomic E-state index is 0.136. The predicted molar refractivity (Wildman–Crippen MR) is 103 cm³/mol. The van der Waals surface area contributed by atoms with Gasteiger partial charge in [0.15, 0.2) is 5.65 Å². The van der Waals surface area contributed by atoms with Gasteiger partial charge in [0.2, 0.25) is 0 Å². The number of nitrogens with zero attached hydrogens (tertiary/aromatic N) is 3. The van der Waals surface area contributed by atoms with Crippen LogP contribution >= 0.6 is 0 Å². The van der Waals surface area contributed by atoms with Crippen LogP contribution in [0.25, 0.3) is 16.8 Å². The molecular formula is C21H15F3N4O. The number of hydrogen-bond acceptors (Lipinski definition) is 3. The predicted octanol–water partition coefficient (Wildman–Crippen LogP) is 4.98. The average Bonchev–Trinajstić information content (AvgIpc) is 3.13. The molecule has 1 N–H and O–H groups in total. The van der Waals surface area contributed by atoms with Crippen molar-refractivity contribution >= 4 is 17.2 Å². The molecule has 4 aromatic rings. The van der Waals surface area contributed by atoms with Crippen LogP contribution in [-0.2, 0) is 6.18 Å². The van der Waals surface area contributed by atoms with Gasteiger partial charge in [-0.2, -0.15) is 18.3 Å². The Bertz CT molecular complexity index is 1200. The molecule has 146 valence electrons. The highest BCUT2D eigenvalue weighted by Gasteiger charge is 2.33. The van der Waals surface area contributed by atoms with Crippen molar-refractivity contribution in [3.8, 4) is 11.1 Å². The summed E-state index contributed by atoms with van der Waals surface area (Å²) < 4.78 is 41.0. The Balaban J connectivity index is 1.71. The van der Waals surface area contributed by atoms with E-state index in [1.54, 1.807) is 13.1 Å². The number of fused-ring (bicyclic) bond motifs is 1. The van der Waals surface area contributed by atoms with Gasteiger partial charge in [-0.3, -0.25) is 4.79 Å². The first-order valence-electron chi connectivity index (χ1n) is 8.72. The van der Waals surface area contributed by atoms with Crippen molar-refractivity contribution < 1.29 is 18.0 Å². The van der Waals surface area contributed by atoms with E-state index in [0.717, 1.165) is 17.2 Å². The van der Waals surface area contributed by atoms with E-state index in [9.17, 15) is 18.0 Å². The highest BCUT2D eigenvalue weighted by Crippen LogP contribution is 2.35. The Hall–Kier alpha value is -3.68. The Morgan fingerprint density at radius 2 is 1.69 bits per heavy atom. The molecule has 2 heterocycles. The normalized spacial score (nSPS) is 11.6. The maximum Gasteiger partial charge on any atom is 0.418 e. The maximum atomic E-state index is 13.2. The second-order valence-electron chi connectivity index (χ2n) is 6.41. The third-order valence-corrected chi connectivity index (χ3v) is 4.58. The summed E-state index contributed by atoms with van der Waals surface area (Å²) in [6, 6.07) is 14.4. The lowest BCUT2D eigenvalue weighted by Crippen LogP contribution is -2.19. The minimum atomic E-state index is -4.58. The molecule has 0 aliphatic carbocycles. The van der Waals surface area contributed by atoms with Crippen LogP contribution in [-0.4, -0.2) is 20.5 Å². The SMILES string of the molecule is Cc1c(C(=O)Nc2ccccc2C(F)(F)F)cnc2c(-c3ccccc3)cnn12. The quantitative estimate of drug-likeness (QED) is 0.532. The summed E-state index contributed by atoms with van der Waals surface area (Å²) in [4.78, 5) is 17.0. The molecule has 2 aromatic carbocycles. The van der Waals surface area contributed by atoms with Crippen molar-refractivity contribution in [2.45, 2.75) is 13.1 Å². The fourth-order valence-electron chi connectivity index (χ4n) is 3.12. The number of halogens is 3. The van der Waals surface area contributed by atoms with Crippen LogP contribution in [0.1, 0.15) is 21.6 Å². The number of rotatable bonds is 3. The smallest absolute Gasteiger partial charge is 0.321 e. The first-order valence-corrected chi connectivity index (χ1v) is 8.72. The van der Waals surface area contributed by atoms with E-state index in [-0.39, 0.29) is 11.3 Å². The molecule has 0 unspecified atom stereocenters. The molecule has 4 rings (SSSR count). The van der Waals surface area contributed by atoms with Crippen molar-refractivity contribution in [3.05, 3.63) is 83.8 Å². The number of hydrogen-bond donors (Lipinski definition) is 1. The van der Waals surface area contributed by atoms with E-state index >= 15 is 0 Å². The van der Waals surface area contributed by atoms with E-state index in [2.05, 4.69) is 15.4 Å². The van der Waals surface area contributed by atoms with Crippen LogP contribution in [0.3, 0.4) is 0 Å². The number of carbonyl (C=O) groups excluding carboxylic acids is 1. The number of para-hydroxylation sites is 1. The fraction of sp³-hybridized carbons (Fsp3) is 0.0952. The number of alkyl halides is 3. The second kappa shape index (κ2) is 7.05. The third-order valence-electron chi connectivity index (χ3n) is 4.58. The molecule has 29 heavy (non-hydrogen) atoms. The lowest BCUT2D eigenvalue weighted by molar-refractivity contribution is -0.136. The molecule has 0 bridgehead atoms. The van der Waals surface area contributed by atoms with Crippen LogP contribution in [0.5, 0.6) is 0 Å². The molecule has 0 aliphatic heterocycles. The second-order valence-corrected chi connectivity index (χ2v) is 6.41. The van der Waals surface area contributed by atoms with Gasteiger partial charge in [-0.15, -0.1) is 0 Å². The lowest BCUT2D eigenvalue weighted by Gasteiger charge is -2.14. The number of amides is 1. The monoisotopic (exact) mass is 396 g/mol. The van der Waals surface area contributed by atoms with Crippen LogP contribution in [0.4, 0.5) is 18.9 Å². The Morgan fingerprint density at radius 3 is 2.41 bits per heavy atom. The standard InChI is InChI=1S/C21H15F3N4O/c1-13-15(20(29)27-18-10-6-5-9-17(18)21(22,23)24)11-25-19-16(12-26-28(13)19)14-7-3-2-4-8-14/h2-12H,1H3,(H,27,29). The number of carbonyl (C=O) groups is 1. The molecule has 5 nitrogen and oxygen atoms in total. The first kappa shape index (κ1) is 18.7. The summed E-state index contributed by atoms with van der Waals surface area (Å²) in [6.07, 6.45) is -1.58. The molecule has 8 heteroatoms. The van der Waals surface area contributed by atoms with E-state index in [0.29, 0.717) is 11.3 Å². The highest BCUT2D eigenvalue weighted by atomic mass is 19.4. The molecule has 0 radical (unpaired) electrons. The van der Waals surface area contributed by atoms with Crippen molar-refractivity contribution in [2.75, 3.05) is 5.32 Å². The van der Waals surface area contributed by atoms with Gasteiger partial charge in [0, 0.05) is 11.8 Å². The van der Waals surface area contributed by atoms with E-state index in [1.165, 1.54) is 28.9 Å². The average molecular weight is 396 g/mol. The van der Waals surface area contributed by atoms with Crippen LogP contribution < -0.4 is 5.32 Å². The Morgan fingerprint density at radius 1 is 1.00 bits per heavy atom. The Labute approximate surface area is 163 Å². The van der Waals surface area contributed by atoms with Crippen molar-refractivity contribution in [1.29, 1.82) is 0 Å². The zero-order chi connectivity index (χ0) is 20.6. The molecule has 0 fully saturated rings. The van der Waals surface area contributed by atoms with E-state index < -0.39 is 17.6 Å². The van der Waals surface area contributed by atoms with Crippen molar-refractivity contribution in [1.82, 2.24) is 14.6 Å². The lowest BCUT2D eigenvalue weighted by atomic mass is 10.1. The molecule has 0 atom stereocenters. The van der Waals surface area contributed by atoms with Crippen molar-refractivity contribution in [3.63, 3.8) is 0 Å². The molecule has 0 spiro atoms. The van der Waals surface area contributed by atoms with Gasteiger partial charge in [0.05, 0.1) is 28.7 Å². The first-order chi connectivity index (χ1) is 13.9. The van der Waals surface area contributed by atoms with Gasteiger partial charge in [-0.05, 0) is 24.6 Å². The van der Waals surface area contributed by atoms with Gasteiger partial charge >= 0.3 is 6.18 Å². The molecule has 0 aliphatic rings. The van der Waals surface area contributed by atoms with Gasteiger partial charge < -0.3 is 5.32 Å². The summed E-state index contributed by atoms with van der Waals surface area (Å²) in [6.45, 7) is 1.67. The fourth-order valence-corrected chi connectivity index (χ4v) is 3.12. The van der Waals surface area contributed by atoms with Gasteiger partial charge in [-0.1, -0.05) is 42.5 Å². The summed E-state index contributed by atoms with van der Waals surface area (Å²) in [7, 11) is 0. The zero-order valence-corrected chi connectivity index (χ0v) is 15.2. The molecule has 1 amide bonds. The molecule has 0 saturated heterocycles. The summed E-state index contributed by atoms with van der Waals surface area (Å²) >= 11 is 0. The molecule has 2 aromatic heterocycles. The highest BCUT2D eigenvalue weighted by molar-refractivity contribution is 6.05. The summed E-state index contributed by atoms with van der Waals surface area (Å²) in [5, 5.41) is 6.63. The minimum Gasteiger partial charge on any atom is -0.321 e. The van der Waals surface area contributed by atoms with Crippen LogP contribution in [0.15, 0.2) is 67.0 Å². The largest absolute Gasteiger partial charge is 0.418 e. The van der Waals surface area contributed by atoms with E-state index in [4.69, 9.17) is 0 Å². The third kappa shape index (κ3) is 3.44. The number of anilines is 1. The zero-order valence-electron chi connectivity index (χ0n) is 15.2. The number of aryl methyl sites for hydroxylation is 1. The molecule has 0 saturated carbocycles. The van der Waals surface area contributed by atoms with Gasteiger partial charge in [-0.25, -0.2) is 9.50 Å². The number of nitrogens with one attached hydrogen (secondary N) is 1. The van der Waals surface area contributed by atoms with Crippen LogP contribution in [0, 0.1) is 6.92 Å². The Kier molecular flexibility index (Phi) is 4.54. The van der Waals surface area contributed by atoms with Crippen LogP contribution in [0.2, 0.25) is 0 Å². The summed E-state index contributed by atoms with van der Waals surface area (Å²) in [5.41, 5.74) is 1.66. The molecular weight excluding hydrogens is 381 g/mol. The number of benzene rings is 2. The maximum absolute atomic E-state index is 13.2. The van der Waals surface area contributed by atoms with Gasteiger partial charge in [0.1, 0.15) is 0 Å². The van der Waals surface area contributed by atoms with Gasteiger partial charge in [0.25, 0.3) is 5.91 Å². The summed E-state index contributed by atoms with van der Waals surface area (Å²) in [5.74, 6) is -0.689. The van der Waals surface area contributed by atoms with Crippen molar-refractivity contribution in [2.24, 2.45) is 0 Å². The van der Waals surface area contributed by atoms with E-state index in [1.807, 2.05) is 30.3 Å². The topological polar surface area (TPSA) is 59.3 Å².